The van der Waals surface area contributed by atoms with Gasteiger partial charge >= 0.3 is 5.97 Å². The van der Waals surface area contributed by atoms with Gasteiger partial charge < -0.3 is 14.6 Å². The molecule has 1 N–H and O–H groups in total. The average molecular weight is 251 g/mol. The van der Waals surface area contributed by atoms with Gasteiger partial charge in [0.2, 0.25) is 5.91 Å². The van der Waals surface area contributed by atoms with E-state index in [1.165, 1.54) is 19.3 Å². The number of amides is 1. The molecule has 1 amide bonds. The van der Waals surface area contributed by atoms with Crippen LogP contribution in [0.25, 0.3) is 0 Å². The van der Waals surface area contributed by atoms with Crippen molar-refractivity contribution in [2.24, 2.45) is 0 Å². The fourth-order valence-electron chi connectivity index (χ4n) is 1.45. The van der Waals surface area contributed by atoms with E-state index in [-0.39, 0.29) is 18.5 Å². The van der Waals surface area contributed by atoms with Gasteiger partial charge in [0, 0.05) is 25.0 Å². The molecule has 6 heteroatoms. The number of methoxy groups -OCH3 is 1. The Labute approximate surface area is 106 Å². The Kier molecular flexibility index (Phi) is 5.10. The Bertz CT molecular complexity index is 451. The van der Waals surface area contributed by atoms with Crippen LogP contribution in [-0.4, -0.2) is 35.1 Å². The molecule has 1 aromatic rings. The fraction of sp³-hybridized carbons (Fsp3) is 0.417. The van der Waals surface area contributed by atoms with Crippen molar-refractivity contribution in [2.45, 2.75) is 19.9 Å². The monoisotopic (exact) mass is 251 g/mol. The van der Waals surface area contributed by atoms with E-state index >= 15 is 0 Å². The first kappa shape index (κ1) is 14.0. The number of esters is 1. The number of aromatic nitrogens is 2. The number of hydrogen-bond donors (Lipinski definition) is 1. The van der Waals surface area contributed by atoms with Crippen LogP contribution in [0.4, 0.5) is 0 Å². The van der Waals surface area contributed by atoms with Gasteiger partial charge in [-0.2, -0.15) is 0 Å². The predicted octanol–water partition coefficient (Wildman–Crippen LogP) is 0.598. The van der Waals surface area contributed by atoms with Gasteiger partial charge in [-0.05, 0) is 13.8 Å². The molecular formula is C12H17N3O3. The summed E-state index contributed by atoms with van der Waals surface area (Å²) in [6.45, 7) is 3.90. The zero-order chi connectivity index (χ0) is 13.5. The van der Waals surface area contributed by atoms with Crippen LogP contribution in [0.3, 0.4) is 0 Å². The minimum atomic E-state index is -0.442. The lowest BCUT2D eigenvalue weighted by molar-refractivity contribution is -0.134. The number of hydrogen-bond acceptors (Lipinski definition) is 4. The molecule has 0 fully saturated rings. The highest BCUT2D eigenvalue weighted by Crippen LogP contribution is 2.07. The van der Waals surface area contributed by atoms with Crippen molar-refractivity contribution in [1.82, 2.24) is 14.9 Å². The lowest BCUT2D eigenvalue weighted by Gasteiger charge is -2.14. The molecule has 1 rings (SSSR count). The molecule has 0 aliphatic rings. The van der Waals surface area contributed by atoms with Gasteiger partial charge in [0.1, 0.15) is 11.9 Å². The van der Waals surface area contributed by atoms with Crippen molar-refractivity contribution in [2.75, 3.05) is 13.7 Å². The van der Waals surface area contributed by atoms with Crippen LogP contribution in [0, 0.1) is 6.92 Å². The van der Waals surface area contributed by atoms with Gasteiger partial charge in [0.05, 0.1) is 7.11 Å². The second-order valence-electron chi connectivity index (χ2n) is 3.73. The first-order chi connectivity index (χ1) is 8.56. The van der Waals surface area contributed by atoms with Gasteiger partial charge in [0.25, 0.3) is 0 Å². The summed E-state index contributed by atoms with van der Waals surface area (Å²) < 4.78 is 6.21. The summed E-state index contributed by atoms with van der Waals surface area (Å²) in [6.07, 6.45) is 6.21. The molecule has 0 saturated carbocycles. The van der Waals surface area contributed by atoms with E-state index in [0.717, 1.165) is 5.82 Å². The average Bonchev–Trinajstić information content (AvgIpc) is 2.79. The Balaban J connectivity index is 2.44. The van der Waals surface area contributed by atoms with Crippen molar-refractivity contribution in [1.29, 1.82) is 0 Å². The Morgan fingerprint density at radius 1 is 1.61 bits per heavy atom. The summed E-state index contributed by atoms with van der Waals surface area (Å²) in [7, 11) is 1.30. The van der Waals surface area contributed by atoms with Gasteiger partial charge in [-0.15, -0.1) is 0 Å². The molecule has 1 aromatic heterocycles. The van der Waals surface area contributed by atoms with Gasteiger partial charge in [-0.3, -0.25) is 4.79 Å². The highest BCUT2D eigenvalue weighted by Gasteiger charge is 2.14. The minimum Gasteiger partial charge on any atom is -0.466 e. The van der Waals surface area contributed by atoms with E-state index in [0.29, 0.717) is 0 Å². The van der Waals surface area contributed by atoms with Crippen LogP contribution in [0.5, 0.6) is 0 Å². The first-order valence-corrected chi connectivity index (χ1v) is 5.58. The number of aryl methyl sites for hydroxylation is 1. The second-order valence-corrected chi connectivity index (χ2v) is 3.73. The van der Waals surface area contributed by atoms with E-state index < -0.39 is 5.97 Å². The summed E-state index contributed by atoms with van der Waals surface area (Å²) >= 11 is 0. The molecule has 0 aliphatic heterocycles. The summed E-state index contributed by atoms with van der Waals surface area (Å²) in [5, 5.41) is 2.70. The Morgan fingerprint density at radius 3 is 2.89 bits per heavy atom. The molecule has 98 valence electrons. The van der Waals surface area contributed by atoms with Crippen molar-refractivity contribution in [3.8, 4) is 0 Å². The quantitative estimate of drug-likeness (QED) is 0.614. The number of rotatable bonds is 5. The Morgan fingerprint density at radius 2 is 2.33 bits per heavy atom. The van der Waals surface area contributed by atoms with Gasteiger partial charge in [-0.1, -0.05) is 6.08 Å². The fourth-order valence-corrected chi connectivity index (χ4v) is 1.45. The predicted molar refractivity (Wildman–Crippen MR) is 65.8 cm³/mol. The van der Waals surface area contributed by atoms with E-state index in [1.807, 2.05) is 6.92 Å². The zero-order valence-corrected chi connectivity index (χ0v) is 10.7. The van der Waals surface area contributed by atoms with Gasteiger partial charge in [0.15, 0.2) is 0 Å². The van der Waals surface area contributed by atoms with Gasteiger partial charge in [-0.25, -0.2) is 9.78 Å². The SMILES string of the molecule is COC(=O)/C=C/CNC(=O)C(C)n1ccnc1C. The van der Waals surface area contributed by atoms with Crippen LogP contribution in [0.1, 0.15) is 18.8 Å². The van der Waals surface area contributed by atoms with Crippen LogP contribution in [0.2, 0.25) is 0 Å². The molecule has 6 nitrogen and oxygen atoms in total. The maximum atomic E-state index is 11.8. The smallest absolute Gasteiger partial charge is 0.330 e. The molecule has 0 spiro atoms. The molecule has 18 heavy (non-hydrogen) atoms. The van der Waals surface area contributed by atoms with Crippen molar-refractivity contribution < 1.29 is 14.3 Å². The highest BCUT2D eigenvalue weighted by atomic mass is 16.5. The third-order valence-corrected chi connectivity index (χ3v) is 2.51. The second kappa shape index (κ2) is 6.58. The molecular weight excluding hydrogens is 234 g/mol. The van der Waals surface area contributed by atoms with E-state index in [4.69, 9.17) is 0 Å². The third-order valence-electron chi connectivity index (χ3n) is 2.51. The lowest BCUT2D eigenvalue weighted by atomic mass is 10.3. The lowest BCUT2D eigenvalue weighted by Crippen LogP contribution is -2.31. The topological polar surface area (TPSA) is 73.2 Å². The number of carbonyl (C=O) groups is 2. The van der Waals surface area contributed by atoms with Crippen LogP contribution < -0.4 is 5.32 Å². The zero-order valence-electron chi connectivity index (χ0n) is 10.7. The molecule has 1 atom stereocenters. The summed E-state index contributed by atoms with van der Waals surface area (Å²) in [5.41, 5.74) is 0. The van der Waals surface area contributed by atoms with Crippen molar-refractivity contribution >= 4 is 11.9 Å². The summed E-state index contributed by atoms with van der Waals surface area (Å²) in [5.74, 6) is 0.205. The summed E-state index contributed by atoms with van der Waals surface area (Å²) in [4.78, 5) is 26.6. The van der Waals surface area contributed by atoms with Crippen molar-refractivity contribution in [3.05, 3.63) is 30.4 Å². The standard InChI is InChI=1S/C12H17N3O3/c1-9(15-8-7-13-10(15)2)12(17)14-6-4-5-11(16)18-3/h4-5,7-9H,6H2,1-3H3,(H,14,17)/b5-4+. The number of carbonyl (C=O) groups excluding carboxylic acids is 2. The third kappa shape index (κ3) is 3.73. The highest BCUT2D eigenvalue weighted by molar-refractivity contribution is 5.82. The molecule has 1 heterocycles. The number of nitrogens with one attached hydrogen (secondary N) is 1. The molecule has 0 bridgehead atoms. The van der Waals surface area contributed by atoms with E-state index in [9.17, 15) is 9.59 Å². The number of nitrogens with zero attached hydrogens (tertiary/aromatic N) is 2. The van der Waals surface area contributed by atoms with E-state index in [2.05, 4.69) is 15.0 Å². The molecule has 1 unspecified atom stereocenters. The van der Waals surface area contributed by atoms with Crippen molar-refractivity contribution in [3.63, 3.8) is 0 Å². The molecule has 0 aliphatic carbocycles. The maximum Gasteiger partial charge on any atom is 0.330 e. The normalized spacial score (nSPS) is 12.4. The van der Waals surface area contributed by atoms with E-state index in [1.54, 1.807) is 23.9 Å². The first-order valence-electron chi connectivity index (χ1n) is 5.58. The number of ether oxygens (including phenoxy) is 1. The van der Waals surface area contributed by atoms with Crippen LogP contribution in [-0.2, 0) is 14.3 Å². The molecule has 0 aromatic carbocycles. The number of imidazole rings is 1. The largest absolute Gasteiger partial charge is 0.466 e. The minimum absolute atomic E-state index is 0.134. The molecule has 0 radical (unpaired) electrons. The Hall–Kier alpha value is -2.11. The summed E-state index contributed by atoms with van der Waals surface area (Å²) in [6, 6.07) is -0.334. The maximum absolute atomic E-state index is 11.8. The molecule has 0 saturated heterocycles. The van der Waals surface area contributed by atoms with Crippen LogP contribution >= 0.6 is 0 Å². The van der Waals surface area contributed by atoms with Crippen LogP contribution in [0.15, 0.2) is 24.5 Å².